The molecule has 0 aliphatic carbocycles. The molecule has 1 aliphatic heterocycles. The number of carbonyl (C=O) groups excluding carboxylic acids is 2. The summed E-state index contributed by atoms with van der Waals surface area (Å²) in [6.45, 7) is 9.08. The van der Waals surface area contributed by atoms with Crippen LogP contribution in [0.25, 0.3) is 0 Å². The maximum atomic E-state index is 13.1. The zero-order valence-corrected chi connectivity index (χ0v) is 23.8. The fourth-order valence-corrected chi connectivity index (χ4v) is 5.31. The van der Waals surface area contributed by atoms with Gasteiger partial charge >= 0.3 is 7.60 Å². The normalized spacial score (nSPS) is 13.2. The molecule has 3 aromatic rings. The summed E-state index contributed by atoms with van der Waals surface area (Å²) in [5.41, 5.74) is 0.483. The average Bonchev–Trinajstić information content (AvgIpc) is 3.29. The van der Waals surface area contributed by atoms with Crippen molar-refractivity contribution in [2.24, 2.45) is 0 Å². The maximum Gasteiger partial charge on any atom is 0.351 e. The van der Waals surface area contributed by atoms with E-state index in [0.717, 1.165) is 6.42 Å². The Labute approximate surface area is 232 Å². The molecule has 1 saturated heterocycles. The summed E-state index contributed by atoms with van der Waals surface area (Å²) in [7, 11) is -3.37. The van der Waals surface area contributed by atoms with E-state index in [1.54, 1.807) is 43.1 Å². The van der Waals surface area contributed by atoms with Crippen LogP contribution in [-0.4, -0.2) is 68.9 Å². The summed E-state index contributed by atoms with van der Waals surface area (Å²) in [4.78, 5) is 35.5. The van der Waals surface area contributed by atoms with Gasteiger partial charge in [0, 0.05) is 37.0 Å². The van der Waals surface area contributed by atoms with E-state index in [4.69, 9.17) is 18.5 Å². The first-order chi connectivity index (χ1) is 19.2. The van der Waals surface area contributed by atoms with E-state index in [9.17, 15) is 14.2 Å². The van der Waals surface area contributed by atoms with E-state index in [-0.39, 0.29) is 54.5 Å². The average molecular weight is 573 g/mol. The van der Waals surface area contributed by atoms with Crippen molar-refractivity contribution < 1.29 is 32.7 Å². The van der Waals surface area contributed by atoms with E-state index >= 15 is 0 Å². The van der Waals surface area contributed by atoms with Crippen molar-refractivity contribution in [1.29, 1.82) is 0 Å². The highest BCUT2D eigenvalue weighted by atomic mass is 31.2. The van der Waals surface area contributed by atoms with Crippen molar-refractivity contribution >= 4 is 25.2 Å². The zero-order chi connectivity index (χ0) is 28.7. The topological polar surface area (TPSA) is 147 Å². The van der Waals surface area contributed by atoms with Gasteiger partial charge in [-0.25, -0.2) is 9.97 Å². The lowest BCUT2D eigenvalue weighted by molar-refractivity contribution is 0.0645. The Bertz CT molecular complexity index is 1360. The second-order valence-corrected chi connectivity index (χ2v) is 11.2. The Hall–Kier alpha value is -3.80. The molecule has 0 bridgehead atoms. The number of likely N-dealkylation sites (tertiary alicyclic amines) is 1. The molecular weight excluding hydrogens is 539 g/mol. The number of nitrogens with one attached hydrogen (secondary N) is 1. The Morgan fingerprint density at radius 2 is 1.77 bits per heavy atom. The largest absolute Gasteiger partial charge is 0.491 e. The Morgan fingerprint density at radius 3 is 2.38 bits per heavy atom. The van der Waals surface area contributed by atoms with E-state index in [1.807, 2.05) is 13.8 Å². The van der Waals surface area contributed by atoms with Crippen LogP contribution in [0, 0.1) is 0 Å². The number of hydrogen-bond acceptors (Lipinski definition) is 10. The van der Waals surface area contributed by atoms with Crippen LogP contribution < -0.4 is 14.8 Å². The molecule has 1 fully saturated rings. The van der Waals surface area contributed by atoms with Gasteiger partial charge in [-0.1, -0.05) is 0 Å². The number of rotatable bonds is 13. The maximum absolute atomic E-state index is 13.1. The van der Waals surface area contributed by atoms with Crippen molar-refractivity contribution in [3.05, 3.63) is 54.1 Å². The van der Waals surface area contributed by atoms with Crippen LogP contribution in [0.15, 0.2) is 42.9 Å². The molecule has 13 nitrogen and oxygen atoms in total. The molecule has 3 heterocycles. The predicted molar refractivity (Wildman–Crippen MR) is 146 cm³/mol. The van der Waals surface area contributed by atoms with Crippen molar-refractivity contribution in [2.75, 3.05) is 31.6 Å². The first-order valence-corrected chi connectivity index (χ1v) is 14.7. The summed E-state index contributed by atoms with van der Waals surface area (Å²) >= 11 is 0. The number of hydrogen-bond donors (Lipinski definition) is 1. The SMILES string of the molecule is CCOP(=O)(Cn1ccc(NC(=O)c2cc(Oc3cnc(C(=O)N4CCC4)cn3)cc(OC(C)C)c2)n1)OCC. The molecule has 2 amide bonds. The highest BCUT2D eigenvalue weighted by molar-refractivity contribution is 7.52. The number of amides is 2. The van der Waals surface area contributed by atoms with Gasteiger partial charge in [-0.2, -0.15) is 5.10 Å². The smallest absolute Gasteiger partial charge is 0.351 e. The van der Waals surface area contributed by atoms with Crippen LogP contribution in [0.5, 0.6) is 17.4 Å². The Kier molecular flexibility index (Phi) is 9.51. The number of nitrogens with zero attached hydrogens (tertiary/aromatic N) is 5. The van der Waals surface area contributed by atoms with Gasteiger partial charge in [-0.3, -0.25) is 18.8 Å². The van der Waals surface area contributed by atoms with Crippen molar-refractivity contribution in [2.45, 2.75) is 46.5 Å². The van der Waals surface area contributed by atoms with Crippen LogP contribution >= 0.6 is 7.60 Å². The molecule has 0 saturated carbocycles. The number of ether oxygens (including phenoxy) is 2. The molecule has 14 heteroatoms. The third-order valence-electron chi connectivity index (χ3n) is 5.58. The molecule has 0 radical (unpaired) electrons. The summed E-state index contributed by atoms with van der Waals surface area (Å²) < 4.78 is 36.5. The van der Waals surface area contributed by atoms with Gasteiger partial charge < -0.3 is 28.7 Å². The second-order valence-electron chi connectivity index (χ2n) is 9.13. The standard InChI is InChI=1S/C26H33N6O7P/c1-5-36-40(35,37-6-2)17-32-11-8-23(30-32)29-25(33)19-12-20(38-18(3)4)14-21(13-19)39-24-16-27-22(15-28-24)26(34)31-9-7-10-31/h8,11-16,18H,5-7,9-10,17H2,1-4H3,(H,29,30,33). The van der Waals surface area contributed by atoms with E-state index < -0.39 is 13.5 Å². The van der Waals surface area contributed by atoms with Crippen molar-refractivity contribution in [1.82, 2.24) is 24.6 Å². The van der Waals surface area contributed by atoms with Gasteiger partial charge in [-0.15, -0.1) is 0 Å². The van der Waals surface area contributed by atoms with Gasteiger partial charge in [0.1, 0.15) is 23.5 Å². The van der Waals surface area contributed by atoms with Gasteiger partial charge in [0.2, 0.25) is 5.88 Å². The molecule has 1 N–H and O–H groups in total. The van der Waals surface area contributed by atoms with Gasteiger partial charge in [0.05, 0.1) is 31.7 Å². The highest BCUT2D eigenvalue weighted by Gasteiger charge is 2.25. The summed E-state index contributed by atoms with van der Waals surface area (Å²) in [5.74, 6) is 0.464. The number of anilines is 1. The quantitative estimate of drug-likeness (QED) is 0.289. The lowest BCUT2D eigenvalue weighted by atomic mass is 10.2. The van der Waals surface area contributed by atoms with Crippen LogP contribution in [0.4, 0.5) is 5.82 Å². The first-order valence-electron chi connectivity index (χ1n) is 13.0. The molecule has 4 rings (SSSR count). The first kappa shape index (κ1) is 29.2. The Balaban J connectivity index is 1.48. The summed E-state index contributed by atoms with van der Waals surface area (Å²) in [6, 6.07) is 6.31. The minimum atomic E-state index is -3.37. The van der Waals surface area contributed by atoms with Crippen molar-refractivity contribution in [3.8, 4) is 17.4 Å². The monoisotopic (exact) mass is 572 g/mol. The molecule has 40 heavy (non-hydrogen) atoms. The minimum absolute atomic E-state index is 0.0935. The van der Waals surface area contributed by atoms with Gasteiger partial charge in [-0.05, 0) is 46.2 Å². The second kappa shape index (κ2) is 13.0. The van der Waals surface area contributed by atoms with Gasteiger partial charge in [0.25, 0.3) is 11.8 Å². The number of benzene rings is 1. The summed E-state index contributed by atoms with van der Waals surface area (Å²) in [6.07, 6.45) is 5.03. The zero-order valence-electron chi connectivity index (χ0n) is 22.9. The fourth-order valence-electron chi connectivity index (χ4n) is 3.77. The molecule has 1 aromatic carbocycles. The van der Waals surface area contributed by atoms with Crippen LogP contribution in [0.2, 0.25) is 0 Å². The molecule has 214 valence electrons. The molecule has 0 atom stereocenters. The van der Waals surface area contributed by atoms with E-state index in [2.05, 4.69) is 20.4 Å². The van der Waals surface area contributed by atoms with E-state index in [0.29, 0.717) is 24.6 Å². The highest BCUT2D eigenvalue weighted by Crippen LogP contribution is 2.49. The lowest BCUT2D eigenvalue weighted by Gasteiger charge is -2.30. The van der Waals surface area contributed by atoms with Gasteiger partial charge in [0.15, 0.2) is 5.82 Å². The van der Waals surface area contributed by atoms with Crippen LogP contribution in [0.1, 0.15) is 55.0 Å². The minimum Gasteiger partial charge on any atom is -0.491 e. The van der Waals surface area contributed by atoms with E-state index in [1.165, 1.54) is 23.1 Å². The molecule has 0 spiro atoms. The predicted octanol–water partition coefficient (Wildman–Crippen LogP) is 4.57. The third kappa shape index (κ3) is 7.65. The molecule has 0 unspecified atom stereocenters. The molecule has 2 aromatic heterocycles. The lowest BCUT2D eigenvalue weighted by Crippen LogP contribution is -2.42. The number of aromatic nitrogens is 4. The third-order valence-corrected chi connectivity index (χ3v) is 7.52. The molecular formula is C26H33N6O7P. The van der Waals surface area contributed by atoms with Crippen molar-refractivity contribution in [3.63, 3.8) is 0 Å². The summed E-state index contributed by atoms with van der Waals surface area (Å²) in [5, 5.41) is 6.99. The molecule has 1 aliphatic rings. The van der Waals surface area contributed by atoms with Crippen LogP contribution in [-0.2, 0) is 19.9 Å². The fraction of sp³-hybridized carbons (Fsp3) is 0.423. The Morgan fingerprint density at radius 1 is 1.05 bits per heavy atom. The number of carbonyl (C=O) groups is 2. The van der Waals surface area contributed by atoms with Crippen LogP contribution in [0.3, 0.4) is 0 Å².